The van der Waals surface area contributed by atoms with Gasteiger partial charge in [-0.05, 0) is 25.2 Å². The maximum atomic E-state index is 11.6. The molecule has 2 aromatic heterocycles. The van der Waals surface area contributed by atoms with Gasteiger partial charge in [0.25, 0.3) is 0 Å². The van der Waals surface area contributed by atoms with Gasteiger partial charge in [0.15, 0.2) is 0 Å². The number of hydrogen-bond acceptors (Lipinski definition) is 5. The molecule has 1 aliphatic heterocycles. The summed E-state index contributed by atoms with van der Waals surface area (Å²) in [6.45, 7) is 4.19. The zero-order valence-electron chi connectivity index (χ0n) is 14.1. The SMILES string of the molecule is CCCn1cc(-c2cnc(C[C@H]3CCN(S(C)(=O)=O)C3)cn2)cn1. The highest BCUT2D eigenvalue weighted by atomic mass is 32.2. The van der Waals surface area contributed by atoms with Gasteiger partial charge in [-0.1, -0.05) is 6.92 Å². The zero-order chi connectivity index (χ0) is 17.2. The molecule has 3 rings (SSSR count). The van der Waals surface area contributed by atoms with E-state index in [-0.39, 0.29) is 0 Å². The summed E-state index contributed by atoms with van der Waals surface area (Å²) in [6.07, 6.45) is 11.3. The maximum Gasteiger partial charge on any atom is 0.211 e. The second-order valence-corrected chi connectivity index (χ2v) is 8.35. The summed E-state index contributed by atoms with van der Waals surface area (Å²) in [4.78, 5) is 8.98. The van der Waals surface area contributed by atoms with Crippen LogP contribution in [-0.2, 0) is 23.0 Å². The van der Waals surface area contributed by atoms with Gasteiger partial charge in [-0.15, -0.1) is 0 Å². The molecule has 1 atom stereocenters. The molecular weight excluding hydrogens is 326 g/mol. The number of hydrogen-bond donors (Lipinski definition) is 0. The van der Waals surface area contributed by atoms with Crippen LogP contribution < -0.4 is 0 Å². The van der Waals surface area contributed by atoms with Gasteiger partial charge >= 0.3 is 0 Å². The van der Waals surface area contributed by atoms with E-state index < -0.39 is 10.0 Å². The van der Waals surface area contributed by atoms with Gasteiger partial charge in [-0.2, -0.15) is 5.10 Å². The molecule has 0 unspecified atom stereocenters. The van der Waals surface area contributed by atoms with Crippen LogP contribution in [0.15, 0.2) is 24.8 Å². The van der Waals surface area contributed by atoms with Crippen LogP contribution in [0.2, 0.25) is 0 Å². The molecule has 7 nitrogen and oxygen atoms in total. The second-order valence-electron chi connectivity index (χ2n) is 6.36. The highest BCUT2D eigenvalue weighted by Crippen LogP contribution is 2.22. The van der Waals surface area contributed by atoms with E-state index in [1.165, 1.54) is 6.26 Å². The molecule has 0 spiro atoms. The minimum absolute atomic E-state index is 0.312. The number of sulfonamides is 1. The normalized spacial score (nSPS) is 19.0. The highest BCUT2D eigenvalue weighted by Gasteiger charge is 2.28. The summed E-state index contributed by atoms with van der Waals surface area (Å²) >= 11 is 0. The molecule has 130 valence electrons. The maximum absolute atomic E-state index is 11.6. The number of rotatable bonds is 6. The lowest BCUT2D eigenvalue weighted by Crippen LogP contribution is -2.27. The third-order valence-electron chi connectivity index (χ3n) is 4.30. The Morgan fingerprint density at radius 3 is 2.71 bits per heavy atom. The Morgan fingerprint density at radius 1 is 1.25 bits per heavy atom. The smallest absolute Gasteiger partial charge is 0.211 e. The quantitative estimate of drug-likeness (QED) is 0.791. The van der Waals surface area contributed by atoms with E-state index in [0.717, 1.165) is 42.8 Å². The van der Waals surface area contributed by atoms with Crippen molar-refractivity contribution in [2.45, 2.75) is 32.7 Å². The Balaban J connectivity index is 1.62. The summed E-state index contributed by atoms with van der Waals surface area (Å²) in [5, 5.41) is 4.31. The van der Waals surface area contributed by atoms with Crippen molar-refractivity contribution >= 4 is 10.0 Å². The van der Waals surface area contributed by atoms with E-state index in [9.17, 15) is 8.42 Å². The summed E-state index contributed by atoms with van der Waals surface area (Å²) < 4.78 is 26.6. The van der Waals surface area contributed by atoms with Crippen molar-refractivity contribution in [3.63, 3.8) is 0 Å². The van der Waals surface area contributed by atoms with Gasteiger partial charge in [-0.3, -0.25) is 14.6 Å². The van der Waals surface area contributed by atoms with Crippen LogP contribution in [0.3, 0.4) is 0 Å². The largest absolute Gasteiger partial charge is 0.272 e. The average Bonchev–Trinajstić information content (AvgIpc) is 3.18. The molecule has 0 amide bonds. The van der Waals surface area contributed by atoms with Gasteiger partial charge in [0.1, 0.15) is 0 Å². The average molecular weight is 349 g/mol. The number of aryl methyl sites for hydroxylation is 1. The predicted molar refractivity (Wildman–Crippen MR) is 91.8 cm³/mol. The number of nitrogens with zero attached hydrogens (tertiary/aromatic N) is 5. The molecule has 0 bridgehead atoms. The van der Waals surface area contributed by atoms with Crippen LogP contribution in [0, 0.1) is 5.92 Å². The van der Waals surface area contributed by atoms with Crippen LogP contribution in [0.4, 0.5) is 0 Å². The second kappa shape index (κ2) is 6.98. The fraction of sp³-hybridized carbons (Fsp3) is 0.562. The Bertz CT molecular complexity index is 785. The molecule has 1 saturated heterocycles. The van der Waals surface area contributed by atoms with E-state index in [4.69, 9.17) is 0 Å². The molecule has 0 aromatic carbocycles. The van der Waals surface area contributed by atoms with E-state index in [0.29, 0.717) is 19.0 Å². The molecule has 8 heteroatoms. The lowest BCUT2D eigenvalue weighted by molar-refractivity contribution is 0.459. The van der Waals surface area contributed by atoms with Gasteiger partial charge in [0.05, 0.1) is 30.0 Å². The van der Waals surface area contributed by atoms with Crippen molar-refractivity contribution in [1.29, 1.82) is 0 Å². The summed E-state index contributed by atoms with van der Waals surface area (Å²) in [5.41, 5.74) is 2.68. The van der Waals surface area contributed by atoms with Crippen LogP contribution >= 0.6 is 0 Å². The Morgan fingerprint density at radius 2 is 2.08 bits per heavy atom. The minimum atomic E-state index is -3.08. The molecule has 1 fully saturated rings. The summed E-state index contributed by atoms with van der Waals surface area (Å²) in [6, 6.07) is 0. The molecular formula is C16H23N5O2S. The third-order valence-corrected chi connectivity index (χ3v) is 5.57. The fourth-order valence-electron chi connectivity index (χ4n) is 3.02. The van der Waals surface area contributed by atoms with Crippen molar-refractivity contribution in [3.05, 3.63) is 30.5 Å². The molecule has 0 aliphatic carbocycles. The van der Waals surface area contributed by atoms with E-state index >= 15 is 0 Å². The highest BCUT2D eigenvalue weighted by molar-refractivity contribution is 7.88. The summed E-state index contributed by atoms with van der Waals surface area (Å²) in [5.74, 6) is 0.312. The molecule has 1 aliphatic rings. The monoisotopic (exact) mass is 349 g/mol. The first-order chi connectivity index (χ1) is 11.5. The molecule has 24 heavy (non-hydrogen) atoms. The minimum Gasteiger partial charge on any atom is -0.272 e. The van der Waals surface area contributed by atoms with Crippen molar-refractivity contribution in [1.82, 2.24) is 24.1 Å². The van der Waals surface area contributed by atoms with Crippen LogP contribution in [0.25, 0.3) is 11.3 Å². The fourth-order valence-corrected chi connectivity index (χ4v) is 3.94. The van der Waals surface area contributed by atoms with Crippen molar-refractivity contribution in [2.24, 2.45) is 5.92 Å². The first kappa shape index (κ1) is 17.0. The van der Waals surface area contributed by atoms with Crippen molar-refractivity contribution in [2.75, 3.05) is 19.3 Å². The third kappa shape index (κ3) is 3.99. The number of aromatic nitrogens is 4. The Hall–Kier alpha value is -1.80. The standard InChI is InChI=1S/C16H23N5O2S/c1-3-5-20-12-14(8-19-20)16-10-17-15(9-18-16)7-13-4-6-21(11-13)24(2,22)23/h8-10,12-13H,3-7,11H2,1-2H3/t13-/m1/s1. The topological polar surface area (TPSA) is 81.0 Å². The molecule has 0 saturated carbocycles. The van der Waals surface area contributed by atoms with Crippen LogP contribution in [-0.4, -0.2) is 51.8 Å². The van der Waals surface area contributed by atoms with E-state index in [2.05, 4.69) is 22.0 Å². The van der Waals surface area contributed by atoms with E-state index in [1.54, 1.807) is 22.9 Å². The van der Waals surface area contributed by atoms with Crippen molar-refractivity contribution < 1.29 is 8.42 Å². The zero-order valence-corrected chi connectivity index (χ0v) is 14.9. The lowest BCUT2D eigenvalue weighted by atomic mass is 10.0. The predicted octanol–water partition coefficient (Wildman–Crippen LogP) is 1.57. The van der Waals surface area contributed by atoms with Crippen LogP contribution in [0.5, 0.6) is 0 Å². The van der Waals surface area contributed by atoms with Crippen LogP contribution in [0.1, 0.15) is 25.5 Å². The summed E-state index contributed by atoms with van der Waals surface area (Å²) in [7, 11) is -3.08. The van der Waals surface area contributed by atoms with Gasteiger partial charge in [0, 0.05) is 37.6 Å². The molecule has 0 radical (unpaired) electrons. The Kier molecular flexibility index (Phi) is 4.96. The molecule has 0 N–H and O–H groups in total. The Labute approximate surface area is 142 Å². The van der Waals surface area contributed by atoms with Crippen molar-refractivity contribution in [3.8, 4) is 11.3 Å². The van der Waals surface area contributed by atoms with E-state index in [1.807, 2.05) is 10.9 Å². The van der Waals surface area contributed by atoms with Gasteiger partial charge in [0.2, 0.25) is 10.0 Å². The van der Waals surface area contributed by atoms with Gasteiger partial charge < -0.3 is 0 Å². The molecule has 2 aromatic rings. The van der Waals surface area contributed by atoms with Gasteiger partial charge in [-0.25, -0.2) is 12.7 Å². The first-order valence-corrected chi connectivity index (χ1v) is 10.1. The molecule has 3 heterocycles. The first-order valence-electron chi connectivity index (χ1n) is 8.24. The lowest BCUT2D eigenvalue weighted by Gasteiger charge is -2.13.